The second-order valence-electron chi connectivity index (χ2n) is 8.87. The Morgan fingerprint density at radius 3 is 2.91 bits per heavy atom. The maximum Gasteiger partial charge on any atom is 0.326 e. The van der Waals surface area contributed by atoms with Crippen LogP contribution in [0.15, 0.2) is 36.4 Å². The van der Waals surface area contributed by atoms with Crippen LogP contribution in [-0.4, -0.2) is 47.3 Å². The van der Waals surface area contributed by atoms with E-state index in [9.17, 15) is 14.7 Å². The highest BCUT2D eigenvalue weighted by atomic mass is 35.5. The van der Waals surface area contributed by atoms with Crippen molar-refractivity contribution in [3.8, 4) is 0 Å². The van der Waals surface area contributed by atoms with Crippen molar-refractivity contribution in [3.63, 3.8) is 0 Å². The van der Waals surface area contributed by atoms with Crippen LogP contribution < -0.4 is 10.6 Å². The molecule has 0 bridgehead atoms. The topological polar surface area (TPSA) is 101 Å². The minimum atomic E-state index is -1.08. The second-order valence-corrected chi connectivity index (χ2v) is 9.31. The molecule has 2 heterocycles. The lowest BCUT2D eigenvalue weighted by molar-refractivity contribution is -0.140. The van der Waals surface area contributed by atoms with E-state index < -0.39 is 17.9 Å². The fourth-order valence-corrected chi connectivity index (χ4v) is 4.58. The van der Waals surface area contributed by atoms with Gasteiger partial charge in [-0.15, -0.1) is 0 Å². The molecule has 1 fully saturated rings. The molecule has 1 atom stereocenters. The van der Waals surface area contributed by atoms with Crippen molar-refractivity contribution in [3.05, 3.63) is 58.2 Å². The van der Waals surface area contributed by atoms with Gasteiger partial charge in [0.05, 0.1) is 6.10 Å². The number of aryl methyl sites for hydroxylation is 2. The van der Waals surface area contributed by atoms with Gasteiger partial charge >= 0.3 is 5.97 Å². The minimum Gasteiger partial charge on any atom is -0.480 e. The summed E-state index contributed by atoms with van der Waals surface area (Å²) in [6.45, 7) is 1.29. The number of carboxylic acid groups (broad SMARTS) is 1. The van der Waals surface area contributed by atoms with Crippen LogP contribution in [0.25, 0.3) is 0 Å². The first-order valence-corrected chi connectivity index (χ1v) is 12.0. The molecule has 1 saturated carbocycles. The van der Waals surface area contributed by atoms with Gasteiger partial charge in [0.15, 0.2) is 0 Å². The Kier molecular flexibility index (Phi) is 7.83. The number of hydrogen-bond acceptors (Lipinski definition) is 5. The van der Waals surface area contributed by atoms with Crippen LogP contribution in [0.2, 0.25) is 5.02 Å². The summed E-state index contributed by atoms with van der Waals surface area (Å²) in [6, 6.07) is 9.76. The number of rotatable bonds is 10. The first kappa shape index (κ1) is 23.5. The number of carbonyl (C=O) groups is 2. The van der Waals surface area contributed by atoms with Crippen molar-refractivity contribution in [2.24, 2.45) is 5.92 Å². The molecule has 0 radical (unpaired) electrons. The number of aromatic nitrogens is 1. The number of nitrogens with zero attached hydrogens (tertiary/aromatic N) is 1. The maximum absolute atomic E-state index is 12.3. The quantitative estimate of drug-likeness (QED) is 0.482. The summed E-state index contributed by atoms with van der Waals surface area (Å²) in [5, 5.41) is 15.8. The summed E-state index contributed by atoms with van der Waals surface area (Å²) < 4.78 is 5.86. The van der Waals surface area contributed by atoms with Gasteiger partial charge in [0.25, 0.3) is 5.91 Å². The molecule has 0 unspecified atom stereocenters. The van der Waals surface area contributed by atoms with Crippen molar-refractivity contribution < 1.29 is 19.4 Å². The molecule has 1 amide bonds. The molecule has 176 valence electrons. The van der Waals surface area contributed by atoms with Crippen LogP contribution in [-0.2, 0) is 22.4 Å². The molecule has 33 heavy (non-hydrogen) atoms. The molecule has 0 saturated heterocycles. The fraction of sp³-hybridized carbons (Fsp3) is 0.480. The number of pyridine rings is 1. The number of carbonyl (C=O) groups excluding carboxylic acids is 1. The normalized spacial score (nSPS) is 20.2. The van der Waals surface area contributed by atoms with Gasteiger partial charge in [-0.05, 0) is 74.3 Å². The van der Waals surface area contributed by atoms with E-state index in [0.717, 1.165) is 50.2 Å². The Morgan fingerprint density at radius 1 is 1.27 bits per heavy atom. The standard InChI is InChI=1S/C25H30ClN3O4/c26-19-5-1-3-18(15-19)24(30)29-22(25(31)32)10-12-33-21-13-16(14-21)6-8-20-9-7-17-4-2-11-27-23(17)28-20/h1,3,5,7,9,15-16,21-22H,2,4,6,8,10-14H2,(H,27,28)(H,29,30)(H,31,32)/t16?,21?,22-/m0/s1. The van der Waals surface area contributed by atoms with Crippen molar-refractivity contribution in [2.45, 2.75) is 57.1 Å². The van der Waals surface area contributed by atoms with Crippen molar-refractivity contribution in [2.75, 3.05) is 18.5 Å². The average molecular weight is 472 g/mol. The number of amides is 1. The molecule has 1 aromatic carbocycles. The Labute approximate surface area is 198 Å². The zero-order valence-corrected chi connectivity index (χ0v) is 19.3. The SMILES string of the molecule is O=C(N[C@@H](CCOC1CC(CCc2ccc3c(n2)NCCC3)C1)C(=O)O)c1cccc(Cl)c1. The van der Waals surface area contributed by atoms with Gasteiger partial charge in [0, 0.05) is 35.9 Å². The minimum absolute atomic E-state index is 0.159. The van der Waals surface area contributed by atoms with Crippen molar-refractivity contribution in [1.29, 1.82) is 0 Å². The lowest BCUT2D eigenvalue weighted by Gasteiger charge is -2.35. The Bertz CT molecular complexity index is 993. The average Bonchev–Trinajstić information content (AvgIpc) is 2.78. The molecule has 0 spiro atoms. The monoisotopic (exact) mass is 471 g/mol. The highest BCUT2D eigenvalue weighted by molar-refractivity contribution is 6.31. The molecular formula is C25H30ClN3O4. The molecule has 4 rings (SSSR count). The zero-order valence-electron chi connectivity index (χ0n) is 18.6. The Hall–Kier alpha value is -2.64. The summed E-state index contributed by atoms with van der Waals surface area (Å²) in [4.78, 5) is 28.6. The van der Waals surface area contributed by atoms with Gasteiger partial charge in [0.1, 0.15) is 11.9 Å². The third-order valence-corrected chi connectivity index (χ3v) is 6.64. The number of nitrogens with one attached hydrogen (secondary N) is 2. The van der Waals surface area contributed by atoms with Gasteiger partial charge in [-0.2, -0.15) is 0 Å². The molecule has 1 aliphatic heterocycles. The van der Waals surface area contributed by atoms with E-state index in [2.05, 4.69) is 22.8 Å². The predicted molar refractivity (Wildman–Crippen MR) is 127 cm³/mol. The zero-order chi connectivity index (χ0) is 23.2. The lowest BCUT2D eigenvalue weighted by Crippen LogP contribution is -2.42. The van der Waals surface area contributed by atoms with Gasteiger partial charge in [-0.1, -0.05) is 23.7 Å². The smallest absolute Gasteiger partial charge is 0.326 e. The molecule has 1 aliphatic carbocycles. The molecular weight excluding hydrogens is 442 g/mol. The van der Waals surface area contributed by atoms with Gasteiger partial charge < -0.3 is 20.5 Å². The molecule has 3 N–H and O–H groups in total. The largest absolute Gasteiger partial charge is 0.480 e. The summed E-state index contributed by atoms with van der Waals surface area (Å²) in [7, 11) is 0. The lowest BCUT2D eigenvalue weighted by atomic mass is 9.79. The third-order valence-electron chi connectivity index (χ3n) is 6.40. The summed E-state index contributed by atoms with van der Waals surface area (Å²) in [5.74, 6) is 0.120. The van der Waals surface area contributed by atoms with Crippen LogP contribution >= 0.6 is 11.6 Å². The number of fused-ring (bicyclic) bond motifs is 1. The molecule has 1 aromatic heterocycles. The van der Waals surface area contributed by atoms with Crippen LogP contribution in [0.3, 0.4) is 0 Å². The number of halogens is 1. The third kappa shape index (κ3) is 6.45. The number of ether oxygens (including phenoxy) is 1. The number of benzene rings is 1. The highest BCUT2D eigenvalue weighted by Crippen LogP contribution is 2.34. The van der Waals surface area contributed by atoms with Crippen molar-refractivity contribution >= 4 is 29.3 Å². The first-order valence-electron chi connectivity index (χ1n) is 11.6. The number of hydrogen-bond donors (Lipinski definition) is 3. The van der Waals surface area contributed by atoms with E-state index in [1.54, 1.807) is 18.2 Å². The predicted octanol–water partition coefficient (Wildman–Crippen LogP) is 4.09. The van der Waals surface area contributed by atoms with E-state index >= 15 is 0 Å². The van der Waals surface area contributed by atoms with E-state index in [4.69, 9.17) is 21.3 Å². The number of anilines is 1. The number of carboxylic acids is 1. The van der Waals surface area contributed by atoms with E-state index in [1.807, 2.05) is 0 Å². The highest BCUT2D eigenvalue weighted by Gasteiger charge is 2.30. The second kappa shape index (κ2) is 11.0. The maximum atomic E-state index is 12.3. The van der Waals surface area contributed by atoms with Crippen LogP contribution in [0.1, 0.15) is 53.7 Å². The Balaban J connectivity index is 1.14. The van der Waals surface area contributed by atoms with Gasteiger partial charge in [-0.25, -0.2) is 9.78 Å². The molecule has 8 heteroatoms. The van der Waals surface area contributed by atoms with Crippen molar-refractivity contribution in [1.82, 2.24) is 10.3 Å². The molecule has 2 aromatic rings. The van der Waals surface area contributed by atoms with Gasteiger partial charge in [0.2, 0.25) is 0 Å². The summed E-state index contributed by atoms with van der Waals surface area (Å²) in [5.41, 5.74) is 2.78. The van der Waals surface area contributed by atoms with E-state index in [-0.39, 0.29) is 12.5 Å². The summed E-state index contributed by atoms with van der Waals surface area (Å²) in [6.07, 6.45) is 6.65. The van der Waals surface area contributed by atoms with Crippen LogP contribution in [0, 0.1) is 5.92 Å². The number of aliphatic carboxylic acids is 1. The van der Waals surface area contributed by atoms with E-state index in [0.29, 0.717) is 23.1 Å². The van der Waals surface area contributed by atoms with Crippen LogP contribution in [0.4, 0.5) is 5.82 Å². The fourth-order valence-electron chi connectivity index (χ4n) is 4.39. The van der Waals surface area contributed by atoms with E-state index in [1.165, 1.54) is 18.1 Å². The van der Waals surface area contributed by atoms with Gasteiger partial charge in [-0.3, -0.25) is 4.79 Å². The van der Waals surface area contributed by atoms with Crippen LogP contribution in [0.5, 0.6) is 0 Å². The molecule has 7 nitrogen and oxygen atoms in total. The Morgan fingerprint density at radius 2 is 2.12 bits per heavy atom. The summed E-state index contributed by atoms with van der Waals surface area (Å²) >= 11 is 5.90. The first-order chi connectivity index (χ1) is 16.0. The molecule has 2 aliphatic rings.